The van der Waals surface area contributed by atoms with Crippen molar-refractivity contribution in [3.63, 3.8) is 0 Å². The molecule has 6 heteroatoms. The lowest BCUT2D eigenvalue weighted by Crippen LogP contribution is -2.44. The van der Waals surface area contributed by atoms with Gasteiger partial charge in [-0.2, -0.15) is 0 Å². The molecule has 35 heavy (non-hydrogen) atoms. The van der Waals surface area contributed by atoms with Gasteiger partial charge in [-0.05, 0) is 41.0 Å². The Balaban J connectivity index is 1.66. The van der Waals surface area contributed by atoms with Gasteiger partial charge in [0, 0.05) is 17.8 Å². The Morgan fingerprint density at radius 2 is 1.46 bits per heavy atom. The molecule has 0 bridgehead atoms. The zero-order valence-corrected chi connectivity index (χ0v) is 19.9. The van der Waals surface area contributed by atoms with Gasteiger partial charge in [-0.25, -0.2) is 0 Å². The van der Waals surface area contributed by atoms with Crippen LogP contribution in [0, 0.1) is 0 Å². The fourth-order valence-corrected chi connectivity index (χ4v) is 3.99. The molecule has 0 aliphatic heterocycles. The number of carbonyl (C=O) groups is 2. The quantitative estimate of drug-likeness (QED) is 0.348. The SMILES string of the molecule is O=C(NCc1ccccn1)C(c1ccccc1)N(Cc1ccc(Cl)cc1)C(=O)Cc1ccccc1. The number of hydrogen-bond donors (Lipinski definition) is 1. The van der Waals surface area contributed by atoms with E-state index in [2.05, 4.69) is 10.3 Å². The lowest BCUT2D eigenvalue weighted by atomic mass is 10.0. The molecule has 1 unspecified atom stereocenters. The van der Waals surface area contributed by atoms with Crippen molar-refractivity contribution in [1.29, 1.82) is 0 Å². The van der Waals surface area contributed by atoms with Gasteiger partial charge in [0.25, 0.3) is 0 Å². The van der Waals surface area contributed by atoms with Crippen molar-refractivity contribution in [2.45, 2.75) is 25.6 Å². The summed E-state index contributed by atoms with van der Waals surface area (Å²) in [6.45, 7) is 0.532. The van der Waals surface area contributed by atoms with Crippen LogP contribution in [0.25, 0.3) is 0 Å². The summed E-state index contributed by atoms with van der Waals surface area (Å²) >= 11 is 6.08. The van der Waals surface area contributed by atoms with Gasteiger partial charge in [0.1, 0.15) is 6.04 Å². The van der Waals surface area contributed by atoms with Gasteiger partial charge in [0.2, 0.25) is 11.8 Å². The summed E-state index contributed by atoms with van der Waals surface area (Å²) in [5.74, 6) is -0.412. The summed E-state index contributed by atoms with van der Waals surface area (Å²) in [7, 11) is 0. The van der Waals surface area contributed by atoms with Crippen molar-refractivity contribution in [2.24, 2.45) is 0 Å². The first-order valence-electron chi connectivity index (χ1n) is 11.4. The van der Waals surface area contributed by atoms with Crippen LogP contribution in [-0.4, -0.2) is 21.7 Å². The third-order valence-corrected chi connectivity index (χ3v) is 5.88. The molecule has 1 heterocycles. The molecule has 0 radical (unpaired) electrons. The van der Waals surface area contributed by atoms with E-state index in [9.17, 15) is 9.59 Å². The predicted octanol–water partition coefficient (Wildman–Crippen LogP) is 5.36. The maximum absolute atomic E-state index is 13.7. The van der Waals surface area contributed by atoms with E-state index in [1.54, 1.807) is 23.2 Å². The average molecular weight is 484 g/mol. The summed E-state index contributed by atoms with van der Waals surface area (Å²) in [4.78, 5) is 33.2. The third kappa shape index (κ3) is 6.78. The van der Waals surface area contributed by atoms with Gasteiger partial charge >= 0.3 is 0 Å². The number of nitrogens with zero attached hydrogens (tertiary/aromatic N) is 2. The molecule has 4 rings (SSSR count). The van der Waals surface area contributed by atoms with Crippen LogP contribution in [0.2, 0.25) is 5.02 Å². The molecule has 4 aromatic rings. The van der Waals surface area contributed by atoms with Crippen molar-refractivity contribution in [3.05, 3.63) is 137 Å². The summed E-state index contributed by atoms with van der Waals surface area (Å²) in [5, 5.41) is 3.59. The minimum absolute atomic E-state index is 0.145. The number of carbonyl (C=O) groups excluding carboxylic acids is 2. The second-order valence-electron chi connectivity index (χ2n) is 8.16. The number of hydrogen-bond acceptors (Lipinski definition) is 3. The van der Waals surface area contributed by atoms with Crippen LogP contribution in [0.15, 0.2) is 109 Å². The highest BCUT2D eigenvalue weighted by Gasteiger charge is 2.31. The van der Waals surface area contributed by atoms with Crippen LogP contribution in [0.3, 0.4) is 0 Å². The van der Waals surface area contributed by atoms with Gasteiger partial charge in [0.15, 0.2) is 0 Å². The number of benzene rings is 3. The Morgan fingerprint density at radius 3 is 2.11 bits per heavy atom. The molecule has 1 N–H and O–H groups in total. The Hall–Kier alpha value is -3.96. The molecule has 0 aliphatic carbocycles. The molecule has 0 spiro atoms. The molecule has 0 saturated heterocycles. The number of nitrogens with one attached hydrogen (secondary N) is 1. The van der Waals surface area contributed by atoms with E-state index in [4.69, 9.17) is 11.6 Å². The van der Waals surface area contributed by atoms with Crippen LogP contribution in [0.1, 0.15) is 28.4 Å². The zero-order chi connectivity index (χ0) is 24.5. The van der Waals surface area contributed by atoms with Crippen molar-refractivity contribution in [2.75, 3.05) is 0 Å². The van der Waals surface area contributed by atoms with E-state index in [-0.39, 0.29) is 31.3 Å². The summed E-state index contributed by atoms with van der Waals surface area (Å²) < 4.78 is 0. The number of rotatable bonds is 9. The Labute approximate surface area is 210 Å². The lowest BCUT2D eigenvalue weighted by Gasteiger charge is -2.32. The lowest BCUT2D eigenvalue weighted by molar-refractivity contribution is -0.141. The van der Waals surface area contributed by atoms with E-state index in [0.717, 1.165) is 22.4 Å². The molecule has 3 aromatic carbocycles. The first-order chi connectivity index (χ1) is 17.1. The van der Waals surface area contributed by atoms with Crippen LogP contribution in [0.4, 0.5) is 0 Å². The largest absolute Gasteiger partial charge is 0.348 e. The van der Waals surface area contributed by atoms with Crippen LogP contribution in [0.5, 0.6) is 0 Å². The molecule has 1 aromatic heterocycles. The fraction of sp³-hybridized carbons (Fsp3) is 0.138. The maximum atomic E-state index is 13.7. The van der Waals surface area contributed by atoms with Crippen molar-refractivity contribution >= 4 is 23.4 Å². The van der Waals surface area contributed by atoms with Crippen LogP contribution in [-0.2, 0) is 29.1 Å². The van der Waals surface area contributed by atoms with E-state index < -0.39 is 6.04 Å². The summed E-state index contributed by atoms with van der Waals surface area (Å²) in [5.41, 5.74) is 3.25. The van der Waals surface area contributed by atoms with Crippen molar-refractivity contribution < 1.29 is 9.59 Å². The molecular weight excluding hydrogens is 458 g/mol. The first-order valence-corrected chi connectivity index (χ1v) is 11.8. The van der Waals surface area contributed by atoms with Gasteiger partial charge in [-0.1, -0.05) is 90.5 Å². The predicted molar refractivity (Wildman–Crippen MR) is 137 cm³/mol. The molecular formula is C29H26ClN3O2. The topological polar surface area (TPSA) is 62.3 Å². The van der Waals surface area contributed by atoms with Gasteiger partial charge in [0.05, 0.1) is 18.7 Å². The van der Waals surface area contributed by atoms with Gasteiger partial charge < -0.3 is 10.2 Å². The molecule has 2 amide bonds. The van der Waals surface area contributed by atoms with Crippen LogP contribution < -0.4 is 5.32 Å². The summed E-state index contributed by atoms with van der Waals surface area (Å²) in [6.07, 6.45) is 1.87. The summed E-state index contributed by atoms with van der Waals surface area (Å²) in [6, 6.07) is 31.0. The molecule has 0 fully saturated rings. The van der Waals surface area contributed by atoms with E-state index in [0.29, 0.717) is 5.02 Å². The molecule has 0 aliphatic rings. The fourth-order valence-electron chi connectivity index (χ4n) is 3.87. The molecule has 176 valence electrons. The highest BCUT2D eigenvalue weighted by molar-refractivity contribution is 6.30. The second-order valence-corrected chi connectivity index (χ2v) is 8.60. The standard InChI is InChI=1S/C29H26ClN3O2/c30-25-16-14-23(15-17-25)21-33(27(34)19-22-9-3-1-4-10-22)28(24-11-5-2-6-12-24)29(35)32-20-26-13-7-8-18-31-26/h1-18,28H,19-21H2,(H,32,35). The zero-order valence-electron chi connectivity index (χ0n) is 19.2. The third-order valence-electron chi connectivity index (χ3n) is 5.63. The first kappa shape index (κ1) is 24.2. The maximum Gasteiger partial charge on any atom is 0.247 e. The Kier molecular flexibility index (Phi) is 8.25. The highest BCUT2D eigenvalue weighted by Crippen LogP contribution is 2.25. The average Bonchev–Trinajstić information content (AvgIpc) is 2.90. The Morgan fingerprint density at radius 1 is 0.800 bits per heavy atom. The number of pyridine rings is 1. The smallest absolute Gasteiger partial charge is 0.247 e. The van der Waals surface area contributed by atoms with Gasteiger partial charge in [-0.3, -0.25) is 14.6 Å². The number of amides is 2. The van der Waals surface area contributed by atoms with Crippen LogP contribution >= 0.6 is 11.6 Å². The minimum Gasteiger partial charge on any atom is -0.348 e. The second kappa shape index (κ2) is 12.0. The van der Waals surface area contributed by atoms with Crippen molar-refractivity contribution in [1.82, 2.24) is 15.2 Å². The van der Waals surface area contributed by atoms with Gasteiger partial charge in [-0.15, -0.1) is 0 Å². The Bertz CT molecular complexity index is 1230. The van der Waals surface area contributed by atoms with E-state index in [1.807, 2.05) is 91.0 Å². The normalized spacial score (nSPS) is 11.5. The number of aromatic nitrogens is 1. The molecule has 1 atom stereocenters. The van der Waals surface area contributed by atoms with Crippen molar-refractivity contribution in [3.8, 4) is 0 Å². The highest BCUT2D eigenvalue weighted by atomic mass is 35.5. The van der Waals surface area contributed by atoms with E-state index in [1.165, 1.54) is 0 Å². The molecule has 0 saturated carbocycles. The minimum atomic E-state index is -0.813. The molecule has 5 nitrogen and oxygen atoms in total. The number of halogens is 1. The van der Waals surface area contributed by atoms with E-state index >= 15 is 0 Å². The monoisotopic (exact) mass is 483 g/mol.